The minimum Gasteiger partial charge on any atom is -0.432 e. The van der Waals surface area contributed by atoms with Gasteiger partial charge in [-0.15, -0.1) is 0 Å². The number of likely N-dealkylation sites (N-methyl/N-ethyl adjacent to an activating group) is 1. The van der Waals surface area contributed by atoms with Crippen LogP contribution in [-0.2, 0) is 11.3 Å². The van der Waals surface area contributed by atoms with Crippen molar-refractivity contribution >= 4 is 5.91 Å². The molecule has 0 aliphatic carbocycles. The van der Waals surface area contributed by atoms with E-state index in [9.17, 15) is 18.0 Å². The van der Waals surface area contributed by atoms with E-state index >= 15 is 0 Å². The molecule has 1 aliphatic heterocycles. The number of rotatable bonds is 5. The van der Waals surface area contributed by atoms with Gasteiger partial charge in [-0.25, -0.2) is 4.39 Å². The standard InChI is InChI=1S/C13H15F3N2O2/c1-18-5-4-10(12(18)19)17-7-8-2-3-11(9(14)6-8)20-13(15)16/h2-3,6,10,13,17H,4-5,7H2,1H3/t10-/m0/s1. The summed E-state index contributed by atoms with van der Waals surface area (Å²) in [7, 11) is 1.72. The van der Waals surface area contributed by atoms with Crippen LogP contribution in [-0.4, -0.2) is 37.1 Å². The smallest absolute Gasteiger partial charge is 0.387 e. The molecule has 1 heterocycles. The number of carbonyl (C=O) groups excluding carboxylic acids is 1. The zero-order valence-corrected chi connectivity index (χ0v) is 10.9. The van der Waals surface area contributed by atoms with Crippen molar-refractivity contribution in [3.05, 3.63) is 29.6 Å². The molecule has 1 aromatic rings. The SMILES string of the molecule is CN1CC[C@H](NCc2ccc(OC(F)F)c(F)c2)C1=O. The maximum atomic E-state index is 13.5. The van der Waals surface area contributed by atoms with Crippen LogP contribution in [0.2, 0.25) is 0 Å². The highest BCUT2D eigenvalue weighted by atomic mass is 19.3. The Morgan fingerprint density at radius 3 is 2.80 bits per heavy atom. The van der Waals surface area contributed by atoms with Crippen molar-refractivity contribution in [2.75, 3.05) is 13.6 Å². The zero-order valence-electron chi connectivity index (χ0n) is 10.9. The first kappa shape index (κ1) is 14.6. The number of ether oxygens (including phenoxy) is 1. The Morgan fingerprint density at radius 2 is 2.25 bits per heavy atom. The van der Waals surface area contributed by atoms with Gasteiger partial charge >= 0.3 is 6.61 Å². The van der Waals surface area contributed by atoms with E-state index in [-0.39, 0.29) is 18.5 Å². The average molecular weight is 288 g/mol. The second kappa shape index (κ2) is 6.13. The van der Waals surface area contributed by atoms with Gasteiger partial charge in [0.25, 0.3) is 0 Å². The summed E-state index contributed by atoms with van der Waals surface area (Å²) in [5, 5.41) is 3.02. The Kier molecular flexibility index (Phi) is 4.49. The Morgan fingerprint density at radius 1 is 1.50 bits per heavy atom. The third-order valence-electron chi connectivity index (χ3n) is 3.19. The van der Waals surface area contributed by atoms with Gasteiger partial charge in [-0.3, -0.25) is 4.79 Å². The monoisotopic (exact) mass is 288 g/mol. The molecule has 0 radical (unpaired) electrons. The Bertz CT molecular complexity index is 497. The normalized spacial score (nSPS) is 18.9. The first-order valence-electron chi connectivity index (χ1n) is 6.19. The van der Waals surface area contributed by atoms with Crippen molar-refractivity contribution in [2.45, 2.75) is 25.6 Å². The lowest BCUT2D eigenvalue weighted by Gasteiger charge is -2.13. The fraction of sp³-hybridized carbons (Fsp3) is 0.462. The number of amides is 1. The van der Waals surface area contributed by atoms with E-state index in [0.29, 0.717) is 18.5 Å². The van der Waals surface area contributed by atoms with Crippen molar-refractivity contribution in [1.82, 2.24) is 10.2 Å². The molecule has 2 rings (SSSR count). The fourth-order valence-electron chi connectivity index (χ4n) is 2.10. The summed E-state index contributed by atoms with van der Waals surface area (Å²) < 4.78 is 41.5. The lowest BCUT2D eigenvalue weighted by atomic mass is 10.2. The molecule has 0 unspecified atom stereocenters. The minimum absolute atomic E-state index is 0.00289. The van der Waals surface area contributed by atoms with E-state index in [0.717, 1.165) is 12.1 Å². The maximum absolute atomic E-state index is 13.5. The third kappa shape index (κ3) is 3.41. The van der Waals surface area contributed by atoms with Crippen LogP contribution in [0.1, 0.15) is 12.0 Å². The van der Waals surface area contributed by atoms with Gasteiger partial charge in [-0.1, -0.05) is 6.07 Å². The maximum Gasteiger partial charge on any atom is 0.387 e. The van der Waals surface area contributed by atoms with Crippen molar-refractivity contribution in [1.29, 1.82) is 0 Å². The van der Waals surface area contributed by atoms with Gasteiger partial charge in [-0.2, -0.15) is 8.78 Å². The molecule has 4 nitrogen and oxygen atoms in total. The Balaban J connectivity index is 1.94. The molecule has 7 heteroatoms. The molecule has 20 heavy (non-hydrogen) atoms. The first-order chi connectivity index (χ1) is 9.47. The number of likely N-dealkylation sites (tertiary alicyclic amines) is 1. The molecule has 1 N–H and O–H groups in total. The molecular formula is C13H15F3N2O2. The number of nitrogens with zero attached hydrogens (tertiary/aromatic N) is 1. The van der Waals surface area contributed by atoms with Gasteiger partial charge in [0.1, 0.15) is 0 Å². The highest BCUT2D eigenvalue weighted by Gasteiger charge is 2.28. The van der Waals surface area contributed by atoms with E-state index in [1.165, 1.54) is 6.07 Å². The summed E-state index contributed by atoms with van der Waals surface area (Å²) in [5.74, 6) is -1.33. The van der Waals surface area contributed by atoms with Crippen LogP contribution >= 0.6 is 0 Å². The number of carbonyl (C=O) groups is 1. The predicted octanol–water partition coefficient (Wildman–Crippen LogP) is 1.75. The highest BCUT2D eigenvalue weighted by Crippen LogP contribution is 2.20. The molecule has 1 atom stereocenters. The molecule has 0 aromatic heterocycles. The largest absolute Gasteiger partial charge is 0.432 e. The lowest BCUT2D eigenvalue weighted by Crippen LogP contribution is -2.36. The summed E-state index contributed by atoms with van der Waals surface area (Å²) >= 11 is 0. The summed E-state index contributed by atoms with van der Waals surface area (Å²) in [5.41, 5.74) is 0.562. The van der Waals surface area contributed by atoms with E-state index < -0.39 is 18.2 Å². The van der Waals surface area contributed by atoms with Gasteiger partial charge < -0.3 is 15.0 Å². The minimum atomic E-state index is -3.06. The average Bonchev–Trinajstić information content (AvgIpc) is 2.70. The number of hydrogen-bond donors (Lipinski definition) is 1. The summed E-state index contributed by atoms with van der Waals surface area (Å²) in [4.78, 5) is 13.3. The summed E-state index contributed by atoms with van der Waals surface area (Å²) in [6.45, 7) is -2.08. The van der Waals surface area contributed by atoms with E-state index in [1.54, 1.807) is 11.9 Å². The van der Waals surface area contributed by atoms with Crippen LogP contribution in [0.25, 0.3) is 0 Å². The predicted molar refractivity (Wildman–Crippen MR) is 65.9 cm³/mol. The summed E-state index contributed by atoms with van der Waals surface area (Å²) in [6, 6.07) is 3.48. The Hall–Kier alpha value is -1.76. The highest BCUT2D eigenvalue weighted by molar-refractivity contribution is 5.83. The lowest BCUT2D eigenvalue weighted by molar-refractivity contribution is -0.128. The van der Waals surface area contributed by atoms with E-state index in [1.807, 2.05) is 0 Å². The van der Waals surface area contributed by atoms with E-state index in [4.69, 9.17) is 0 Å². The molecular weight excluding hydrogens is 273 g/mol. The molecule has 1 amide bonds. The quantitative estimate of drug-likeness (QED) is 0.897. The zero-order chi connectivity index (χ0) is 14.7. The molecule has 1 saturated heterocycles. The van der Waals surface area contributed by atoms with Gasteiger partial charge in [0.05, 0.1) is 6.04 Å². The van der Waals surface area contributed by atoms with Crippen LogP contribution in [0, 0.1) is 5.82 Å². The van der Waals surface area contributed by atoms with Gasteiger partial charge in [-0.05, 0) is 24.1 Å². The van der Waals surface area contributed by atoms with Crippen molar-refractivity contribution in [3.8, 4) is 5.75 Å². The molecule has 110 valence electrons. The number of halogens is 3. The second-order valence-corrected chi connectivity index (χ2v) is 4.63. The second-order valence-electron chi connectivity index (χ2n) is 4.63. The summed E-state index contributed by atoms with van der Waals surface area (Å²) in [6.07, 6.45) is 0.699. The number of hydrogen-bond acceptors (Lipinski definition) is 3. The number of alkyl halides is 2. The van der Waals surface area contributed by atoms with E-state index in [2.05, 4.69) is 10.1 Å². The molecule has 1 aromatic carbocycles. The topological polar surface area (TPSA) is 41.6 Å². The van der Waals surface area contributed by atoms with Crippen LogP contribution in [0.5, 0.6) is 5.75 Å². The third-order valence-corrected chi connectivity index (χ3v) is 3.19. The number of benzene rings is 1. The molecule has 0 bridgehead atoms. The van der Waals surface area contributed by atoms with Gasteiger partial charge in [0.2, 0.25) is 5.91 Å². The Labute approximate surface area is 114 Å². The molecule has 1 aliphatic rings. The van der Waals surface area contributed by atoms with Crippen molar-refractivity contribution < 1.29 is 22.7 Å². The van der Waals surface area contributed by atoms with Crippen LogP contribution < -0.4 is 10.1 Å². The molecule has 1 fully saturated rings. The van der Waals surface area contributed by atoms with Crippen LogP contribution in [0.4, 0.5) is 13.2 Å². The van der Waals surface area contributed by atoms with Crippen molar-refractivity contribution in [2.24, 2.45) is 0 Å². The first-order valence-corrected chi connectivity index (χ1v) is 6.19. The fourth-order valence-corrected chi connectivity index (χ4v) is 2.10. The number of nitrogens with one attached hydrogen (secondary N) is 1. The molecule has 0 saturated carbocycles. The van der Waals surface area contributed by atoms with Crippen LogP contribution in [0.15, 0.2) is 18.2 Å². The van der Waals surface area contributed by atoms with Crippen LogP contribution in [0.3, 0.4) is 0 Å². The molecule has 0 spiro atoms. The van der Waals surface area contributed by atoms with Gasteiger partial charge in [0, 0.05) is 20.1 Å². The van der Waals surface area contributed by atoms with Gasteiger partial charge in [0.15, 0.2) is 11.6 Å². The van der Waals surface area contributed by atoms with Crippen molar-refractivity contribution in [3.63, 3.8) is 0 Å².